The second-order valence-corrected chi connectivity index (χ2v) is 4.72. The van der Waals surface area contributed by atoms with Gasteiger partial charge >= 0.3 is 11.9 Å². The van der Waals surface area contributed by atoms with Crippen molar-refractivity contribution >= 4 is 22.7 Å². The van der Waals surface area contributed by atoms with E-state index in [1.54, 1.807) is 0 Å². The van der Waals surface area contributed by atoms with Gasteiger partial charge in [0.1, 0.15) is 5.03 Å². The van der Waals surface area contributed by atoms with Gasteiger partial charge in [0.25, 0.3) is 5.79 Å². The van der Waals surface area contributed by atoms with Crippen molar-refractivity contribution in [1.29, 1.82) is 0 Å². The maximum Gasteiger partial charge on any atom is 0.351 e. The number of carbonyl (C=O) groups excluding carboxylic acids is 2. The minimum atomic E-state index is -1.62. The minimum absolute atomic E-state index is 0.333. The predicted octanol–water partition coefficient (Wildman–Crippen LogP) is -0.629. The quantitative estimate of drug-likeness (QED) is 0.368. The van der Waals surface area contributed by atoms with Crippen LogP contribution in [0.25, 0.3) is 0 Å². The molecule has 15 heavy (non-hydrogen) atoms. The van der Waals surface area contributed by atoms with Crippen LogP contribution >= 0.6 is 0 Å². The molecule has 0 aliphatic carbocycles. The Labute approximate surface area is 88.9 Å². The van der Waals surface area contributed by atoms with Crippen molar-refractivity contribution < 1.29 is 23.3 Å². The average molecular weight is 233 g/mol. The topological polar surface area (TPSA) is 95.7 Å². The van der Waals surface area contributed by atoms with Crippen LogP contribution in [0.3, 0.4) is 0 Å². The fourth-order valence-electron chi connectivity index (χ4n) is 0.998. The Hall–Kier alpha value is -1.37. The van der Waals surface area contributed by atoms with Crippen LogP contribution in [0.4, 0.5) is 0 Å². The van der Waals surface area contributed by atoms with E-state index in [1.807, 2.05) is 0 Å². The lowest BCUT2D eigenvalue weighted by Gasteiger charge is -2.30. The first-order chi connectivity index (χ1) is 6.74. The highest BCUT2D eigenvalue weighted by Crippen LogP contribution is 2.23. The highest BCUT2D eigenvalue weighted by molar-refractivity contribution is 7.88. The molecule has 0 unspecified atom stereocenters. The summed E-state index contributed by atoms with van der Waals surface area (Å²) in [5, 5.41) is -0.333. The molecule has 6 nitrogen and oxygen atoms in total. The molecule has 0 aromatic rings. The third-order valence-corrected chi connectivity index (χ3v) is 2.46. The molecular weight excluding hydrogens is 222 g/mol. The van der Waals surface area contributed by atoms with Crippen LogP contribution in [-0.2, 0) is 29.9 Å². The van der Waals surface area contributed by atoms with Crippen LogP contribution in [0.1, 0.15) is 13.8 Å². The standard InChI is InChI=1S/C8H11NO5S/c1-8(2)13-6(10)4(7(11)14-8)5(9)15(3)12/h9H2,1-3H3/t15-/m0/s1. The lowest BCUT2D eigenvalue weighted by atomic mass is 10.2. The van der Waals surface area contributed by atoms with Crippen molar-refractivity contribution in [2.45, 2.75) is 19.6 Å². The van der Waals surface area contributed by atoms with Crippen molar-refractivity contribution in [1.82, 2.24) is 0 Å². The van der Waals surface area contributed by atoms with E-state index in [4.69, 9.17) is 15.2 Å². The molecule has 1 heterocycles. The Bertz CT molecular complexity index is 362. The second-order valence-electron chi connectivity index (χ2n) is 3.37. The van der Waals surface area contributed by atoms with Crippen LogP contribution in [-0.4, -0.2) is 28.2 Å². The molecule has 1 aliphatic rings. The normalized spacial score (nSPS) is 21.7. The Balaban J connectivity index is 3.15. The van der Waals surface area contributed by atoms with E-state index in [1.165, 1.54) is 20.1 Å². The molecule has 2 N–H and O–H groups in total. The maximum atomic E-state index is 11.4. The first-order valence-corrected chi connectivity index (χ1v) is 5.60. The summed E-state index contributed by atoms with van der Waals surface area (Å²) in [5.41, 5.74) is 4.85. The molecule has 0 spiro atoms. The maximum absolute atomic E-state index is 11.4. The SMILES string of the molecule is C[S@](=O)C(N)=C1C(=O)OC(C)(C)OC1=O. The van der Waals surface area contributed by atoms with E-state index in [0.29, 0.717) is 0 Å². The van der Waals surface area contributed by atoms with Crippen molar-refractivity contribution in [3.05, 3.63) is 10.6 Å². The summed E-state index contributed by atoms with van der Waals surface area (Å²) >= 11 is 0. The van der Waals surface area contributed by atoms with Gasteiger partial charge in [-0.3, -0.25) is 4.21 Å². The first kappa shape index (κ1) is 11.7. The fraction of sp³-hybridized carbons (Fsp3) is 0.500. The summed E-state index contributed by atoms with van der Waals surface area (Å²) in [6.45, 7) is 2.83. The van der Waals surface area contributed by atoms with Gasteiger partial charge in [-0.05, 0) is 0 Å². The smallest absolute Gasteiger partial charge is 0.351 e. The molecule has 1 rings (SSSR count). The Morgan fingerprint density at radius 3 is 2.00 bits per heavy atom. The molecule has 1 fully saturated rings. The molecule has 0 bridgehead atoms. The summed E-state index contributed by atoms with van der Waals surface area (Å²) < 4.78 is 20.6. The van der Waals surface area contributed by atoms with Gasteiger partial charge < -0.3 is 15.2 Å². The molecule has 1 saturated heterocycles. The van der Waals surface area contributed by atoms with Crippen LogP contribution in [0, 0.1) is 0 Å². The van der Waals surface area contributed by atoms with Gasteiger partial charge in [0.05, 0.1) is 10.8 Å². The molecule has 1 aliphatic heterocycles. The van der Waals surface area contributed by atoms with E-state index in [2.05, 4.69) is 0 Å². The summed E-state index contributed by atoms with van der Waals surface area (Å²) in [7, 11) is -1.62. The van der Waals surface area contributed by atoms with Crippen LogP contribution in [0.15, 0.2) is 10.6 Å². The van der Waals surface area contributed by atoms with E-state index in [9.17, 15) is 13.8 Å². The molecule has 0 saturated carbocycles. The average Bonchev–Trinajstić information content (AvgIpc) is 1.99. The van der Waals surface area contributed by atoms with Crippen molar-refractivity contribution in [3.8, 4) is 0 Å². The highest BCUT2D eigenvalue weighted by atomic mass is 32.2. The largest absolute Gasteiger partial charge is 0.419 e. The van der Waals surface area contributed by atoms with Crippen molar-refractivity contribution in [2.75, 3.05) is 6.26 Å². The van der Waals surface area contributed by atoms with Gasteiger partial charge in [-0.2, -0.15) is 0 Å². The van der Waals surface area contributed by atoms with Gasteiger partial charge in [-0.25, -0.2) is 9.59 Å². The lowest BCUT2D eigenvalue weighted by Crippen LogP contribution is -2.43. The van der Waals surface area contributed by atoms with Gasteiger partial charge in [-0.1, -0.05) is 0 Å². The number of cyclic esters (lactones) is 2. The van der Waals surface area contributed by atoms with E-state index in [-0.39, 0.29) is 5.03 Å². The van der Waals surface area contributed by atoms with Crippen molar-refractivity contribution in [3.63, 3.8) is 0 Å². The summed E-state index contributed by atoms with van der Waals surface area (Å²) in [4.78, 5) is 22.7. The van der Waals surface area contributed by atoms with E-state index in [0.717, 1.165) is 0 Å². The van der Waals surface area contributed by atoms with Gasteiger partial charge in [0.2, 0.25) is 0 Å². The lowest BCUT2D eigenvalue weighted by molar-refractivity contribution is -0.222. The Kier molecular flexibility index (Phi) is 2.85. The third-order valence-electron chi connectivity index (χ3n) is 1.64. The number of nitrogens with two attached hydrogens (primary N) is 1. The number of hydrogen-bond acceptors (Lipinski definition) is 6. The zero-order valence-corrected chi connectivity index (χ0v) is 9.34. The van der Waals surface area contributed by atoms with E-state index < -0.39 is 34.1 Å². The molecule has 7 heteroatoms. The first-order valence-electron chi connectivity index (χ1n) is 4.04. The van der Waals surface area contributed by atoms with Gasteiger partial charge in [0, 0.05) is 20.1 Å². The number of esters is 2. The molecule has 0 aromatic carbocycles. The highest BCUT2D eigenvalue weighted by Gasteiger charge is 2.41. The fourth-order valence-corrected chi connectivity index (χ4v) is 1.45. The van der Waals surface area contributed by atoms with Crippen LogP contribution in [0.2, 0.25) is 0 Å². The number of hydrogen-bond donors (Lipinski definition) is 1. The van der Waals surface area contributed by atoms with Gasteiger partial charge in [0.15, 0.2) is 5.57 Å². The third kappa shape index (κ3) is 2.35. The Morgan fingerprint density at radius 2 is 1.67 bits per heavy atom. The van der Waals surface area contributed by atoms with Gasteiger partial charge in [-0.15, -0.1) is 0 Å². The molecule has 0 aromatic heterocycles. The number of rotatable bonds is 1. The molecule has 84 valence electrons. The molecule has 0 radical (unpaired) electrons. The summed E-state index contributed by atoms with van der Waals surface area (Å²) in [6.07, 6.45) is 1.25. The number of ether oxygens (including phenoxy) is 2. The van der Waals surface area contributed by atoms with E-state index >= 15 is 0 Å². The molecule has 1 atom stereocenters. The van der Waals surface area contributed by atoms with Crippen LogP contribution in [0.5, 0.6) is 0 Å². The summed E-state index contributed by atoms with van der Waals surface area (Å²) in [5.74, 6) is -3.14. The van der Waals surface area contributed by atoms with Crippen LogP contribution < -0.4 is 5.73 Å². The summed E-state index contributed by atoms with van der Waals surface area (Å²) in [6, 6.07) is 0. The zero-order chi connectivity index (χ0) is 11.8. The molecular formula is C8H11NO5S. The molecule has 0 amide bonds. The predicted molar refractivity (Wildman–Crippen MR) is 51.5 cm³/mol. The monoisotopic (exact) mass is 233 g/mol. The Morgan fingerprint density at radius 1 is 1.27 bits per heavy atom. The zero-order valence-electron chi connectivity index (χ0n) is 8.53. The second kappa shape index (κ2) is 3.65. The minimum Gasteiger partial charge on any atom is -0.419 e. The van der Waals surface area contributed by atoms with Crippen molar-refractivity contribution in [2.24, 2.45) is 5.73 Å². The number of carbonyl (C=O) groups is 2.